The SMILES string of the molecule is CC(=O)N[C@@H](Cc1cnc[nH]1)C(=O)N1Cc2cc3c(cc2CC1C(=O)N[C@@H](CCCN=C(N)N)C(=O)N[C@@H](Cc1c[nH]c2ccccc12)C(=O)O)OCO3. The van der Waals surface area contributed by atoms with Crippen LogP contribution in [0.25, 0.3) is 10.9 Å². The van der Waals surface area contributed by atoms with Gasteiger partial charge < -0.3 is 56.9 Å². The molecule has 0 spiro atoms. The number of aromatic amines is 2. The Kier molecular flexibility index (Phi) is 11.3. The van der Waals surface area contributed by atoms with Crippen LogP contribution < -0.4 is 36.9 Å². The van der Waals surface area contributed by atoms with Crippen LogP contribution in [0.4, 0.5) is 0 Å². The van der Waals surface area contributed by atoms with Crippen molar-refractivity contribution in [3.8, 4) is 11.5 Å². The Labute approximate surface area is 309 Å². The van der Waals surface area contributed by atoms with E-state index in [0.717, 1.165) is 16.5 Å². The zero-order chi connectivity index (χ0) is 38.4. The first-order valence-corrected chi connectivity index (χ1v) is 17.4. The molecular weight excluding hydrogens is 700 g/mol. The van der Waals surface area contributed by atoms with Crippen LogP contribution >= 0.6 is 0 Å². The number of imidazole rings is 1. The van der Waals surface area contributed by atoms with Crippen molar-refractivity contribution in [3.63, 3.8) is 0 Å². The Morgan fingerprint density at radius 2 is 1.76 bits per heavy atom. The number of carbonyl (C=O) groups excluding carboxylic acids is 4. The number of nitrogens with two attached hydrogens (primary N) is 2. The molecule has 0 saturated carbocycles. The molecule has 284 valence electrons. The Balaban J connectivity index is 1.27. The van der Waals surface area contributed by atoms with Crippen molar-refractivity contribution in [2.75, 3.05) is 13.3 Å². The van der Waals surface area contributed by atoms with Crippen LogP contribution in [0.5, 0.6) is 11.5 Å². The highest BCUT2D eigenvalue weighted by atomic mass is 16.7. The Hall–Kier alpha value is -6.59. The molecule has 4 heterocycles. The number of carbonyl (C=O) groups is 5. The molecule has 4 atom stereocenters. The average Bonchev–Trinajstić information content (AvgIpc) is 3.92. The molecule has 6 rings (SSSR count). The molecule has 0 saturated heterocycles. The summed E-state index contributed by atoms with van der Waals surface area (Å²) in [7, 11) is 0. The van der Waals surface area contributed by atoms with Gasteiger partial charge in [-0.15, -0.1) is 0 Å². The number of aliphatic carboxylic acids is 1. The summed E-state index contributed by atoms with van der Waals surface area (Å²) in [6.07, 6.45) is 5.06. The predicted octanol–water partition coefficient (Wildman–Crippen LogP) is -0.0291. The van der Waals surface area contributed by atoms with E-state index in [4.69, 9.17) is 20.9 Å². The van der Waals surface area contributed by atoms with E-state index in [1.54, 1.807) is 18.3 Å². The van der Waals surface area contributed by atoms with E-state index < -0.39 is 53.8 Å². The number of para-hydroxylation sites is 1. The number of ether oxygens (including phenoxy) is 2. The lowest BCUT2D eigenvalue weighted by Crippen LogP contribution is -2.60. The topological polar surface area (TPSA) is 272 Å². The third-order valence-electron chi connectivity index (χ3n) is 9.36. The van der Waals surface area contributed by atoms with Crippen molar-refractivity contribution in [3.05, 3.63) is 77.5 Å². The predicted molar refractivity (Wildman–Crippen MR) is 194 cm³/mol. The molecule has 0 aliphatic carbocycles. The highest BCUT2D eigenvalue weighted by molar-refractivity contribution is 5.96. The fraction of sp³-hybridized carbons (Fsp3) is 0.361. The second-order valence-corrected chi connectivity index (χ2v) is 13.2. The van der Waals surface area contributed by atoms with Gasteiger partial charge in [-0.3, -0.25) is 24.2 Å². The van der Waals surface area contributed by atoms with Gasteiger partial charge in [-0.1, -0.05) is 18.2 Å². The molecular formula is C36H42N10O8. The summed E-state index contributed by atoms with van der Waals surface area (Å²) in [5, 5.41) is 19.0. The first-order valence-electron chi connectivity index (χ1n) is 17.4. The molecule has 2 aromatic heterocycles. The third kappa shape index (κ3) is 8.71. The Bertz CT molecular complexity index is 2060. The summed E-state index contributed by atoms with van der Waals surface area (Å²) in [4.78, 5) is 82.7. The van der Waals surface area contributed by atoms with E-state index in [0.29, 0.717) is 28.3 Å². The van der Waals surface area contributed by atoms with Crippen LogP contribution in [0.2, 0.25) is 0 Å². The minimum atomic E-state index is -1.33. The molecule has 2 aliphatic heterocycles. The summed E-state index contributed by atoms with van der Waals surface area (Å²) < 4.78 is 11.1. The third-order valence-corrected chi connectivity index (χ3v) is 9.36. The highest BCUT2D eigenvalue weighted by Crippen LogP contribution is 2.38. The van der Waals surface area contributed by atoms with Gasteiger partial charge in [0, 0.05) is 68.3 Å². The second kappa shape index (κ2) is 16.4. The zero-order valence-electron chi connectivity index (χ0n) is 29.5. The van der Waals surface area contributed by atoms with Crippen LogP contribution in [0.3, 0.4) is 0 Å². The lowest BCUT2D eigenvalue weighted by atomic mass is 9.91. The number of hydrogen-bond donors (Lipinski definition) is 8. The van der Waals surface area contributed by atoms with Gasteiger partial charge in [0.05, 0.1) is 6.33 Å². The lowest BCUT2D eigenvalue weighted by Gasteiger charge is -2.38. The number of amides is 4. The minimum Gasteiger partial charge on any atom is -0.480 e. The first-order chi connectivity index (χ1) is 26.0. The second-order valence-electron chi connectivity index (χ2n) is 13.2. The molecule has 18 heteroatoms. The van der Waals surface area contributed by atoms with Crippen LogP contribution in [-0.4, -0.2) is 98.0 Å². The van der Waals surface area contributed by atoms with Crippen molar-refractivity contribution in [2.45, 2.75) is 69.7 Å². The van der Waals surface area contributed by atoms with Gasteiger partial charge >= 0.3 is 5.97 Å². The quantitative estimate of drug-likeness (QED) is 0.0455. The molecule has 0 bridgehead atoms. The molecule has 4 aromatic rings. The van der Waals surface area contributed by atoms with E-state index in [-0.39, 0.29) is 57.9 Å². The van der Waals surface area contributed by atoms with Gasteiger partial charge in [-0.25, -0.2) is 9.78 Å². The maximum atomic E-state index is 14.4. The van der Waals surface area contributed by atoms with Crippen LogP contribution in [-0.2, 0) is 49.8 Å². The number of aromatic nitrogens is 3. The van der Waals surface area contributed by atoms with Crippen molar-refractivity contribution < 1.29 is 38.6 Å². The Morgan fingerprint density at radius 3 is 2.46 bits per heavy atom. The van der Waals surface area contributed by atoms with Gasteiger partial charge in [-0.05, 0) is 47.7 Å². The molecule has 2 aliphatic rings. The fourth-order valence-corrected chi connectivity index (χ4v) is 6.74. The fourth-order valence-electron chi connectivity index (χ4n) is 6.74. The number of nitrogens with zero attached hydrogens (tertiary/aromatic N) is 3. The van der Waals surface area contributed by atoms with Crippen LogP contribution in [0.1, 0.15) is 42.1 Å². The maximum Gasteiger partial charge on any atom is 0.326 e. The number of guanidine groups is 1. The molecule has 0 radical (unpaired) electrons. The largest absolute Gasteiger partial charge is 0.480 e. The number of hydrogen-bond acceptors (Lipinski definition) is 9. The smallest absolute Gasteiger partial charge is 0.326 e. The molecule has 4 amide bonds. The van der Waals surface area contributed by atoms with E-state index in [9.17, 15) is 29.1 Å². The number of carboxylic acids is 1. The number of H-pyrrole nitrogens is 2. The first kappa shape index (κ1) is 37.2. The molecule has 54 heavy (non-hydrogen) atoms. The summed E-state index contributed by atoms with van der Waals surface area (Å²) in [5.41, 5.74) is 14.5. The van der Waals surface area contributed by atoms with Crippen molar-refractivity contribution in [2.24, 2.45) is 16.5 Å². The molecule has 2 aromatic carbocycles. The van der Waals surface area contributed by atoms with Gasteiger partial charge in [0.1, 0.15) is 24.2 Å². The van der Waals surface area contributed by atoms with Gasteiger partial charge in [0.15, 0.2) is 17.5 Å². The number of rotatable bonds is 15. The number of aliphatic imine (C=N–C) groups is 1. The van der Waals surface area contributed by atoms with Crippen molar-refractivity contribution in [1.29, 1.82) is 0 Å². The number of fused-ring (bicyclic) bond motifs is 3. The maximum absolute atomic E-state index is 14.4. The molecule has 18 nitrogen and oxygen atoms in total. The molecule has 10 N–H and O–H groups in total. The van der Waals surface area contributed by atoms with E-state index in [1.807, 2.05) is 24.3 Å². The van der Waals surface area contributed by atoms with Crippen molar-refractivity contribution in [1.82, 2.24) is 35.8 Å². The van der Waals surface area contributed by atoms with E-state index in [1.165, 1.54) is 24.3 Å². The van der Waals surface area contributed by atoms with Crippen molar-refractivity contribution >= 4 is 46.5 Å². The van der Waals surface area contributed by atoms with Gasteiger partial charge in [-0.2, -0.15) is 0 Å². The number of nitrogens with one attached hydrogen (secondary N) is 5. The summed E-state index contributed by atoms with van der Waals surface area (Å²) >= 11 is 0. The summed E-state index contributed by atoms with van der Waals surface area (Å²) in [6.45, 7) is 1.43. The van der Waals surface area contributed by atoms with E-state index in [2.05, 4.69) is 35.9 Å². The molecule has 1 unspecified atom stereocenters. The van der Waals surface area contributed by atoms with Crippen LogP contribution in [0, 0.1) is 0 Å². The highest BCUT2D eigenvalue weighted by Gasteiger charge is 2.40. The monoisotopic (exact) mass is 742 g/mol. The molecule has 0 fully saturated rings. The minimum absolute atomic E-state index is 0.0188. The standard InChI is InChI=1S/C36H42N10O8/c1-19(47)43-27(13-23-15-39-17-42-23)34(50)46-16-22-12-31-30(53-18-54-31)11-20(22)10-29(46)33(49)44-26(7-4-8-40-36(37)38)32(48)45-28(35(51)52)9-21-14-41-25-6-3-2-5-24(21)25/h2-3,5-6,11-12,14-15,17,26-29,41H,4,7-10,13,16,18H2,1H3,(H,39,42)(H,43,47)(H,44,49)(H,45,48)(H,51,52)(H4,37,38,40)/t26-,27-,28-,29?/m0/s1. The zero-order valence-corrected chi connectivity index (χ0v) is 29.5. The number of carboxylic acid groups (broad SMARTS) is 1. The average molecular weight is 743 g/mol. The summed E-state index contributed by atoms with van der Waals surface area (Å²) in [5.74, 6) is -2.82. The van der Waals surface area contributed by atoms with Gasteiger partial charge in [0.25, 0.3) is 0 Å². The number of benzene rings is 2. The van der Waals surface area contributed by atoms with Crippen LogP contribution in [0.15, 0.2) is 60.1 Å². The van der Waals surface area contributed by atoms with E-state index >= 15 is 0 Å². The Morgan fingerprint density at radius 1 is 1.00 bits per heavy atom. The summed E-state index contributed by atoms with van der Waals surface area (Å²) in [6, 6.07) is 6.14. The van der Waals surface area contributed by atoms with Gasteiger partial charge in [0.2, 0.25) is 30.4 Å². The normalized spacial score (nSPS) is 16.1. The lowest BCUT2D eigenvalue weighted by molar-refractivity contribution is -0.145.